The smallest absolute Gasteiger partial charge is 0.322 e. The lowest BCUT2D eigenvalue weighted by Crippen LogP contribution is -2.56. The zero-order valence-electron chi connectivity index (χ0n) is 17.4. The average Bonchev–Trinajstić information content (AvgIpc) is 3.42. The molecule has 0 aromatic heterocycles. The van der Waals surface area contributed by atoms with Crippen molar-refractivity contribution in [3.05, 3.63) is 46.7 Å². The molecule has 0 saturated heterocycles. The normalized spacial score (nSPS) is 22.0. The number of carbonyl (C=O) groups is 3. The van der Waals surface area contributed by atoms with E-state index in [0.717, 1.165) is 24.0 Å². The fourth-order valence-corrected chi connectivity index (χ4v) is 4.00. The maximum atomic E-state index is 13.5. The minimum atomic E-state index is -1.00. The van der Waals surface area contributed by atoms with Crippen LogP contribution in [0.1, 0.15) is 50.8 Å². The lowest BCUT2D eigenvalue weighted by Gasteiger charge is -2.35. The summed E-state index contributed by atoms with van der Waals surface area (Å²) in [6.45, 7) is 8.13. The Kier molecular flexibility index (Phi) is 4.63. The van der Waals surface area contributed by atoms with E-state index in [-0.39, 0.29) is 30.4 Å². The third-order valence-corrected chi connectivity index (χ3v) is 6.09. The molecule has 1 atom stereocenters. The second kappa shape index (κ2) is 6.90. The molecule has 4 rings (SSSR count). The monoisotopic (exact) mass is 396 g/mol. The summed E-state index contributed by atoms with van der Waals surface area (Å²) >= 11 is 0. The van der Waals surface area contributed by atoms with Crippen LogP contribution in [0.4, 0.5) is 4.79 Å². The molecule has 7 nitrogen and oxygen atoms in total. The summed E-state index contributed by atoms with van der Waals surface area (Å²) in [7, 11) is 0. The van der Waals surface area contributed by atoms with E-state index in [1.54, 1.807) is 23.6 Å². The van der Waals surface area contributed by atoms with Gasteiger partial charge in [-0.05, 0) is 46.1 Å². The Balaban J connectivity index is 1.69. The number of urea groups is 1. The van der Waals surface area contributed by atoms with Gasteiger partial charge in [0.05, 0.1) is 23.9 Å². The van der Waals surface area contributed by atoms with Gasteiger partial charge in [-0.3, -0.25) is 14.5 Å². The highest BCUT2D eigenvalue weighted by Crippen LogP contribution is 2.39. The van der Waals surface area contributed by atoms with Crippen LogP contribution in [-0.4, -0.2) is 52.3 Å². The molecule has 0 bridgehead atoms. The van der Waals surface area contributed by atoms with Gasteiger partial charge in [-0.25, -0.2) is 4.79 Å². The third-order valence-electron chi connectivity index (χ3n) is 6.09. The number of nitrogens with one attached hydrogen (secondary N) is 2. The molecule has 3 aliphatic rings. The van der Waals surface area contributed by atoms with E-state index >= 15 is 0 Å². The highest BCUT2D eigenvalue weighted by atomic mass is 16.2. The first-order valence-corrected chi connectivity index (χ1v) is 10.2. The summed E-state index contributed by atoms with van der Waals surface area (Å²) in [4.78, 5) is 42.3. The van der Waals surface area contributed by atoms with Gasteiger partial charge >= 0.3 is 6.03 Å². The van der Waals surface area contributed by atoms with E-state index in [1.165, 1.54) is 0 Å². The third kappa shape index (κ3) is 3.28. The van der Waals surface area contributed by atoms with Crippen LogP contribution < -0.4 is 10.6 Å². The molecule has 4 amide bonds. The van der Waals surface area contributed by atoms with Crippen molar-refractivity contribution in [3.8, 4) is 0 Å². The molecule has 0 radical (unpaired) electrons. The molecule has 1 aliphatic carbocycles. The Morgan fingerprint density at radius 3 is 2.45 bits per heavy atom. The van der Waals surface area contributed by atoms with Gasteiger partial charge in [0.25, 0.3) is 5.91 Å². The van der Waals surface area contributed by atoms with Crippen LogP contribution >= 0.6 is 0 Å². The van der Waals surface area contributed by atoms with Crippen LogP contribution in [0.5, 0.6) is 0 Å². The molecular formula is C22H28N4O3. The average molecular weight is 396 g/mol. The van der Waals surface area contributed by atoms with Crippen molar-refractivity contribution >= 4 is 17.8 Å². The zero-order chi connectivity index (χ0) is 20.9. The van der Waals surface area contributed by atoms with Gasteiger partial charge < -0.3 is 15.5 Å². The van der Waals surface area contributed by atoms with Gasteiger partial charge in [0.15, 0.2) is 0 Å². The zero-order valence-corrected chi connectivity index (χ0v) is 17.4. The van der Waals surface area contributed by atoms with Crippen LogP contribution in [0.25, 0.3) is 0 Å². The van der Waals surface area contributed by atoms with Crippen molar-refractivity contribution in [1.29, 1.82) is 0 Å². The second-order valence-electron chi connectivity index (χ2n) is 8.60. The predicted molar refractivity (Wildman–Crippen MR) is 109 cm³/mol. The molecule has 2 N–H and O–H groups in total. The van der Waals surface area contributed by atoms with Crippen molar-refractivity contribution in [3.63, 3.8) is 0 Å². The van der Waals surface area contributed by atoms with E-state index in [9.17, 15) is 14.4 Å². The van der Waals surface area contributed by atoms with Crippen LogP contribution in [0.2, 0.25) is 0 Å². The lowest BCUT2D eigenvalue weighted by atomic mass is 9.94. The first kappa shape index (κ1) is 19.5. The summed E-state index contributed by atoms with van der Waals surface area (Å²) in [6.07, 6.45) is 1.98. The van der Waals surface area contributed by atoms with Gasteiger partial charge in [-0.1, -0.05) is 29.8 Å². The molecular weight excluding hydrogens is 368 g/mol. The molecule has 0 unspecified atom stereocenters. The van der Waals surface area contributed by atoms with Gasteiger partial charge in [-0.2, -0.15) is 0 Å². The SMILES string of the molecule is CCN1C(=O)N[C@H](c2ccc(C)cc2)C2=C1CN(C(C)(C)C(=O)NC1CC1)C2=O. The standard InChI is InChI=1S/C22H28N4O3/c1-5-25-16-12-26(22(3,4)20(28)23-15-10-11-15)19(27)17(16)18(24-21(25)29)14-8-6-13(2)7-9-14/h6-9,15,18H,5,10-12H2,1-4H3,(H,23,28)(H,24,29)/t18-/m1/s1. The predicted octanol–water partition coefficient (Wildman–Crippen LogP) is 2.23. The molecule has 1 aromatic rings. The number of aryl methyl sites for hydroxylation is 1. The minimum Gasteiger partial charge on any atom is -0.351 e. The molecule has 7 heteroatoms. The van der Waals surface area contributed by atoms with Crippen molar-refractivity contribution in [2.24, 2.45) is 0 Å². The van der Waals surface area contributed by atoms with E-state index in [1.807, 2.05) is 38.1 Å². The largest absolute Gasteiger partial charge is 0.351 e. The van der Waals surface area contributed by atoms with Gasteiger partial charge in [0.2, 0.25) is 5.91 Å². The minimum absolute atomic E-state index is 0.151. The van der Waals surface area contributed by atoms with Crippen LogP contribution in [0.15, 0.2) is 35.5 Å². The fraction of sp³-hybridized carbons (Fsp3) is 0.500. The molecule has 0 spiro atoms. The van der Waals surface area contributed by atoms with Gasteiger partial charge in [0.1, 0.15) is 5.54 Å². The highest BCUT2D eigenvalue weighted by molar-refractivity contribution is 6.04. The number of rotatable bonds is 5. The maximum absolute atomic E-state index is 13.5. The Bertz CT molecular complexity index is 899. The molecule has 154 valence electrons. The van der Waals surface area contributed by atoms with Crippen LogP contribution in [-0.2, 0) is 9.59 Å². The summed E-state index contributed by atoms with van der Waals surface area (Å²) in [6, 6.07) is 7.31. The van der Waals surface area contributed by atoms with E-state index < -0.39 is 11.6 Å². The summed E-state index contributed by atoms with van der Waals surface area (Å²) in [5.41, 5.74) is 2.22. The van der Waals surface area contributed by atoms with Crippen LogP contribution in [0.3, 0.4) is 0 Å². The molecule has 1 saturated carbocycles. The molecule has 1 aromatic carbocycles. The molecule has 1 fully saturated rings. The number of benzene rings is 1. The number of likely N-dealkylation sites (N-methyl/N-ethyl adjacent to an activating group) is 1. The first-order chi connectivity index (χ1) is 13.7. The Hall–Kier alpha value is -2.83. The second-order valence-corrected chi connectivity index (χ2v) is 8.60. The number of hydrogen-bond acceptors (Lipinski definition) is 3. The van der Waals surface area contributed by atoms with E-state index in [2.05, 4.69) is 10.6 Å². The lowest BCUT2D eigenvalue weighted by molar-refractivity contribution is -0.141. The Morgan fingerprint density at radius 1 is 1.21 bits per heavy atom. The maximum Gasteiger partial charge on any atom is 0.322 e. The van der Waals surface area contributed by atoms with E-state index in [0.29, 0.717) is 17.8 Å². The van der Waals surface area contributed by atoms with E-state index in [4.69, 9.17) is 0 Å². The molecule has 29 heavy (non-hydrogen) atoms. The van der Waals surface area contributed by atoms with Crippen molar-refractivity contribution in [2.75, 3.05) is 13.1 Å². The quantitative estimate of drug-likeness (QED) is 0.801. The Labute approximate surface area is 171 Å². The highest BCUT2D eigenvalue weighted by Gasteiger charge is 2.50. The number of hydrogen-bond donors (Lipinski definition) is 2. The molecule has 2 heterocycles. The number of amides is 4. The van der Waals surface area contributed by atoms with Crippen molar-refractivity contribution in [1.82, 2.24) is 20.4 Å². The van der Waals surface area contributed by atoms with Crippen LogP contribution in [0, 0.1) is 6.92 Å². The van der Waals surface area contributed by atoms with Gasteiger partial charge in [0, 0.05) is 12.6 Å². The molecule has 2 aliphatic heterocycles. The van der Waals surface area contributed by atoms with Crippen molar-refractivity contribution in [2.45, 2.75) is 58.2 Å². The Morgan fingerprint density at radius 2 is 1.86 bits per heavy atom. The summed E-state index contributed by atoms with van der Waals surface area (Å²) in [5.74, 6) is -0.345. The summed E-state index contributed by atoms with van der Waals surface area (Å²) in [5, 5.41) is 5.99. The number of carbonyl (C=O) groups excluding carboxylic acids is 3. The first-order valence-electron chi connectivity index (χ1n) is 10.2. The van der Waals surface area contributed by atoms with Crippen molar-refractivity contribution < 1.29 is 14.4 Å². The topological polar surface area (TPSA) is 81.8 Å². The number of nitrogens with zero attached hydrogens (tertiary/aromatic N) is 2. The van der Waals surface area contributed by atoms with Gasteiger partial charge in [-0.15, -0.1) is 0 Å². The fourth-order valence-electron chi connectivity index (χ4n) is 4.00. The summed E-state index contributed by atoms with van der Waals surface area (Å²) < 4.78 is 0.